The molecule has 0 saturated carbocycles. The van der Waals surface area contributed by atoms with Crippen LogP contribution in [0.25, 0.3) is 0 Å². The highest BCUT2D eigenvalue weighted by Gasteiger charge is 2.72. The molecule has 0 aromatic rings. The van der Waals surface area contributed by atoms with Gasteiger partial charge in [0.2, 0.25) is 11.6 Å². The minimum absolute atomic E-state index is 0.0468. The molecule has 146 valence electrons. The molecule has 4 aliphatic rings. The molecule has 9 nitrogen and oxygen atoms in total. The second kappa shape index (κ2) is 5.80. The van der Waals surface area contributed by atoms with Crippen molar-refractivity contribution >= 4 is 17.7 Å². The summed E-state index contributed by atoms with van der Waals surface area (Å²) >= 11 is 0. The van der Waals surface area contributed by atoms with E-state index in [0.717, 1.165) is 0 Å². The molecule has 4 rings (SSSR count). The molecule has 9 heteroatoms. The van der Waals surface area contributed by atoms with E-state index in [1.807, 2.05) is 4.90 Å². The van der Waals surface area contributed by atoms with E-state index < -0.39 is 17.7 Å². The van der Waals surface area contributed by atoms with Crippen LogP contribution in [0.3, 0.4) is 0 Å². The van der Waals surface area contributed by atoms with E-state index >= 15 is 0 Å². The third-order valence-electron chi connectivity index (χ3n) is 5.73. The molecule has 0 bridgehead atoms. The Morgan fingerprint density at radius 3 is 2.67 bits per heavy atom. The van der Waals surface area contributed by atoms with Crippen molar-refractivity contribution in [2.24, 2.45) is 11.7 Å². The molecule has 4 unspecified atom stereocenters. The van der Waals surface area contributed by atoms with Crippen LogP contribution in [0, 0.1) is 5.92 Å². The van der Waals surface area contributed by atoms with Crippen LogP contribution < -0.4 is 11.1 Å². The zero-order valence-corrected chi connectivity index (χ0v) is 15.7. The average molecular weight is 377 g/mol. The van der Waals surface area contributed by atoms with Gasteiger partial charge in [0.1, 0.15) is 6.61 Å². The van der Waals surface area contributed by atoms with Gasteiger partial charge in [0.15, 0.2) is 11.5 Å². The van der Waals surface area contributed by atoms with Crippen molar-refractivity contribution in [1.82, 2.24) is 10.2 Å². The second-order valence-corrected chi connectivity index (χ2v) is 7.54. The number of carbonyl (C=O) groups is 3. The first-order valence-corrected chi connectivity index (χ1v) is 8.96. The number of amides is 1. The SMILES string of the molecule is COC12C(COC(N)=O)C3=C(C(=O)C(C)=C(OC(C)C)C3=O)N1CC1NC12. The van der Waals surface area contributed by atoms with Crippen molar-refractivity contribution in [3.8, 4) is 0 Å². The quantitative estimate of drug-likeness (QED) is 0.498. The lowest BCUT2D eigenvalue weighted by molar-refractivity contribution is -0.137. The molecule has 3 aliphatic heterocycles. The largest absolute Gasteiger partial charge is 0.486 e. The maximum Gasteiger partial charge on any atom is 0.404 e. The van der Waals surface area contributed by atoms with E-state index in [4.69, 9.17) is 19.9 Å². The molecule has 3 heterocycles. The fourth-order valence-corrected chi connectivity index (χ4v) is 4.65. The first-order valence-electron chi connectivity index (χ1n) is 8.96. The summed E-state index contributed by atoms with van der Waals surface area (Å²) in [5.74, 6) is -1.22. The maximum absolute atomic E-state index is 13.3. The zero-order valence-electron chi connectivity index (χ0n) is 15.7. The Morgan fingerprint density at radius 1 is 1.37 bits per heavy atom. The normalized spacial score (nSPS) is 34.1. The third kappa shape index (κ3) is 2.28. The molecule has 0 spiro atoms. The van der Waals surface area contributed by atoms with E-state index in [1.165, 1.54) is 7.11 Å². The Hall–Kier alpha value is -2.39. The van der Waals surface area contributed by atoms with Gasteiger partial charge in [0, 0.05) is 30.8 Å². The molecule has 4 atom stereocenters. The second-order valence-electron chi connectivity index (χ2n) is 7.54. The zero-order chi connectivity index (χ0) is 19.7. The van der Waals surface area contributed by atoms with Crippen molar-refractivity contribution in [3.05, 3.63) is 22.6 Å². The molecule has 2 fully saturated rings. The smallest absolute Gasteiger partial charge is 0.404 e. The predicted molar refractivity (Wildman–Crippen MR) is 92.1 cm³/mol. The van der Waals surface area contributed by atoms with Gasteiger partial charge in [-0.15, -0.1) is 0 Å². The number of primary amides is 1. The van der Waals surface area contributed by atoms with Gasteiger partial charge in [0.05, 0.1) is 23.8 Å². The number of hydrogen-bond acceptors (Lipinski definition) is 8. The van der Waals surface area contributed by atoms with Crippen molar-refractivity contribution in [1.29, 1.82) is 0 Å². The van der Waals surface area contributed by atoms with Crippen molar-refractivity contribution in [3.63, 3.8) is 0 Å². The van der Waals surface area contributed by atoms with Gasteiger partial charge in [-0.1, -0.05) is 0 Å². The highest BCUT2D eigenvalue weighted by Crippen LogP contribution is 2.55. The van der Waals surface area contributed by atoms with Crippen molar-refractivity contribution in [2.75, 3.05) is 20.3 Å². The lowest BCUT2D eigenvalue weighted by Gasteiger charge is -2.39. The number of hydrogen-bond donors (Lipinski definition) is 2. The molecule has 0 aromatic heterocycles. The van der Waals surface area contributed by atoms with Crippen LogP contribution in [0.4, 0.5) is 4.79 Å². The number of methoxy groups -OCH3 is 1. The van der Waals surface area contributed by atoms with Crippen LogP contribution in [0.2, 0.25) is 0 Å². The van der Waals surface area contributed by atoms with Gasteiger partial charge >= 0.3 is 6.09 Å². The molecule has 0 aromatic carbocycles. The van der Waals surface area contributed by atoms with E-state index in [-0.39, 0.29) is 53.3 Å². The summed E-state index contributed by atoms with van der Waals surface area (Å²) in [6.07, 6.45) is -1.21. The van der Waals surface area contributed by atoms with Gasteiger partial charge in [0.25, 0.3) is 0 Å². The molecule has 1 aliphatic carbocycles. The minimum Gasteiger partial charge on any atom is -0.486 e. The Morgan fingerprint density at radius 2 is 2.07 bits per heavy atom. The monoisotopic (exact) mass is 377 g/mol. The Balaban J connectivity index is 1.81. The van der Waals surface area contributed by atoms with Crippen molar-refractivity contribution < 1.29 is 28.6 Å². The van der Waals surface area contributed by atoms with Crippen LogP contribution >= 0.6 is 0 Å². The van der Waals surface area contributed by atoms with Crippen LogP contribution in [-0.4, -0.2) is 66.7 Å². The number of fused-ring (bicyclic) bond motifs is 4. The summed E-state index contributed by atoms with van der Waals surface area (Å²) in [5.41, 5.74) is 5.06. The standard InChI is InChI=1S/C18H23N3O6/c1-7(2)27-15-8(3)13(22)12-11(14(15)23)9(6-26-17(19)24)18(25-4)16-10(20-16)5-21(12)18/h7,9-10,16,20H,5-6H2,1-4H3,(H2,19,24). The minimum atomic E-state index is -0.969. The summed E-state index contributed by atoms with van der Waals surface area (Å²) in [4.78, 5) is 39.5. The molecule has 1 amide bonds. The number of ketones is 2. The number of ether oxygens (including phenoxy) is 3. The summed E-state index contributed by atoms with van der Waals surface area (Å²) in [6.45, 7) is 5.56. The number of Topliss-reactive ketones (excluding diaryl/α,β-unsaturated/α-hetero) is 2. The number of carbonyl (C=O) groups excluding carboxylic acids is 3. The molecular formula is C18H23N3O6. The van der Waals surface area contributed by atoms with Crippen molar-refractivity contribution in [2.45, 2.75) is 44.7 Å². The lowest BCUT2D eigenvalue weighted by Crippen LogP contribution is -2.55. The van der Waals surface area contributed by atoms with Crippen LogP contribution in [-0.2, 0) is 23.8 Å². The number of nitrogens with two attached hydrogens (primary N) is 1. The molecule has 27 heavy (non-hydrogen) atoms. The third-order valence-corrected chi connectivity index (χ3v) is 5.73. The van der Waals surface area contributed by atoms with E-state index in [0.29, 0.717) is 12.2 Å². The fraction of sp³-hybridized carbons (Fsp3) is 0.611. The summed E-state index contributed by atoms with van der Waals surface area (Å²) in [7, 11) is 1.53. The average Bonchev–Trinajstić information content (AvgIpc) is 3.21. The molecular weight excluding hydrogens is 354 g/mol. The molecule has 2 saturated heterocycles. The van der Waals surface area contributed by atoms with Gasteiger partial charge < -0.3 is 30.2 Å². The predicted octanol–water partition coefficient (Wildman–Crippen LogP) is -0.185. The van der Waals surface area contributed by atoms with E-state index in [9.17, 15) is 14.4 Å². The summed E-state index contributed by atoms with van der Waals surface area (Å²) in [6, 6.07) is 0.0977. The summed E-state index contributed by atoms with van der Waals surface area (Å²) < 4.78 is 16.6. The highest BCUT2D eigenvalue weighted by molar-refractivity contribution is 6.25. The Labute approximate surface area is 156 Å². The highest BCUT2D eigenvalue weighted by atomic mass is 16.6. The topological polar surface area (TPSA) is 130 Å². The maximum atomic E-state index is 13.3. The Kier molecular flexibility index (Phi) is 3.87. The number of nitrogens with zero attached hydrogens (tertiary/aromatic N) is 1. The fourth-order valence-electron chi connectivity index (χ4n) is 4.65. The summed E-state index contributed by atoms with van der Waals surface area (Å²) in [5, 5.41) is 3.31. The van der Waals surface area contributed by atoms with Crippen LogP contribution in [0.5, 0.6) is 0 Å². The lowest BCUT2D eigenvalue weighted by atomic mass is 9.83. The van der Waals surface area contributed by atoms with Gasteiger partial charge in [-0.2, -0.15) is 0 Å². The van der Waals surface area contributed by atoms with Gasteiger partial charge in [-0.25, -0.2) is 4.79 Å². The van der Waals surface area contributed by atoms with Crippen LogP contribution in [0.1, 0.15) is 20.8 Å². The van der Waals surface area contributed by atoms with E-state index in [2.05, 4.69) is 5.32 Å². The number of piperazine rings is 1. The number of rotatable bonds is 5. The first-order chi connectivity index (χ1) is 12.7. The van der Waals surface area contributed by atoms with E-state index in [1.54, 1.807) is 20.8 Å². The first kappa shape index (κ1) is 18.0. The molecule has 0 radical (unpaired) electrons. The number of allylic oxidation sites excluding steroid dienone is 2. The number of nitrogens with one attached hydrogen (secondary N) is 1. The Bertz CT molecular complexity index is 816. The van der Waals surface area contributed by atoms with Gasteiger partial charge in [-0.3, -0.25) is 9.59 Å². The molecule has 3 N–H and O–H groups in total. The van der Waals surface area contributed by atoms with Crippen LogP contribution in [0.15, 0.2) is 22.6 Å². The van der Waals surface area contributed by atoms with Gasteiger partial charge in [-0.05, 0) is 20.8 Å².